The highest BCUT2D eigenvalue weighted by molar-refractivity contribution is 5.98. The highest BCUT2D eigenvalue weighted by Gasteiger charge is 2.17. The molecule has 160 valence electrons. The van der Waals surface area contributed by atoms with Crippen molar-refractivity contribution in [3.05, 3.63) is 104 Å². The summed E-state index contributed by atoms with van der Waals surface area (Å²) in [5.74, 6) is 0.432. The van der Waals surface area contributed by atoms with Gasteiger partial charge in [-0.05, 0) is 31.5 Å². The average molecular weight is 429 g/mol. The summed E-state index contributed by atoms with van der Waals surface area (Å²) < 4.78 is 11.4. The van der Waals surface area contributed by atoms with Crippen LogP contribution in [0.3, 0.4) is 0 Å². The summed E-state index contributed by atoms with van der Waals surface area (Å²) in [6.45, 7) is 3.03. The van der Waals surface area contributed by atoms with Crippen LogP contribution in [0.4, 0.5) is 5.69 Å². The Morgan fingerprint density at radius 3 is 2.50 bits per heavy atom. The highest BCUT2D eigenvalue weighted by atomic mass is 16.6. The molecule has 4 rings (SSSR count). The van der Waals surface area contributed by atoms with Crippen LogP contribution < -0.4 is 10.2 Å². The molecule has 7 heteroatoms. The van der Waals surface area contributed by atoms with E-state index in [4.69, 9.17) is 9.15 Å². The number of benzene rings is 3. The number of carbonyl (C=O) groups is 1. The van der Waals surface area contributed by atoms with Crippen molar-refractivity contribution in [2.45, 2.75) is 13.8 Å². The van der Waals surface area contributed by atoms with Gasteiger partial charge in [0.15, 0.2) is 12.4 Å². The summed E-state index contributed by atoms with van der Waals surface area (Å²) >= 11 is 0. The average Bonchev–Trinajstić information content (AvgIpc) is 2.78. The third-order valence-electron chi connectivity index (χ3n) is 5.20. The number of fused-ring (bicyclic) bond motifs is 1. The van der Waals surface area contributed by atoms with Crippen LogP contribution in [-0.2, 0) is 0 Å². The molecule has 1 aromatic heterocycles. The first-order chi connectivity index (χ1) is 15.3. The number of hydrogen-bond acceptors (Lipinski definition) is 6. The van der Waals surface area contributed by atoms with Gasteiger partial charge in [-0.15, -0.1) is 0 Å². The number of hydrogen-bond donors (Lipinski definition) is 0. The van der Waals surface area contributed by atoms with Crippen LogP contribution in [0.15, 0.2) is 75.9 Å². The van der Waals surface area contributed by atoms with E-state index in [1.165, 1.54) is 18.2 Å². The molecule has 0 aliphatic heterocycles. The number of nitrogens with zero attached hydrogens (tertiary/aromatic N) is 1. The molecule has 0 saturated heterocycles. The van der Waals surface area contributed by atoms with E-state index in [0.29, 0.717) is 33.6 Å². The first-order valence-corrected chi connectivity index (χ1v) is 9.89. The third kappa shape index (κ3) is 4.00. The summed E-state index contributed by atoms with van der Waals surface area (Å²) in [6, 6.07) is 18.3. The number of nitro benzene ring substituents is 1. The Labute approximate surface area is 183 Å². The summed E-state index contributed by atoms with van der Waals surface area (Å²) in [5, 5.41) is 11.5. The van der Waals surface area contributed by atoms with E-state index >= 15 is 0 Å². The van der Waals surface area contributed by atoms with Crippen LogP contribution in [0.25, 0.3) is 22.1 Å². The second-order valence-electron chi connectivity index (χ2n) is 7.36. The van der Waals surface area contributed by atoms with Gasteiger partial charge >= 0.3 is 0 Å². The van der Waals surface area contributed by atoms with Gasteiger partial charge in [-0.2, -0.15) is 0 Å². The minimum absolute atomic E-state index is 0.118. The van der Waals surface area contributed by atoms with Crippen LogP contribution in [0, 0.1) is 24.0 Å². The van der Waals surface area contributed by atoms with E-state index in [9.17, 15) is 19.7 Å². The zero-order chi connectivity index (χ0) is 22.8. The highest BCUT2D eigenvalue weighted by Crippen LogP contribution is 2.26. The maximum Gasteiger partial charge on any atom is 0.273 e. The molecule has 4 aromatic rings. The van der Waals surface area contributed by atoms with Crippen LogP contribution in [0.1, 0.15) is 21.7 Å². The Bertz CT molecular complexity index is 1410. The number of rotatable bonds is 6. The fraction of sp³-hybridized carbons (Fsp3) is 0.120. The lowest BCUT2D eigenvalue weighted by Crippen LogP contribution is -2.12. The van der Waals surface area contributed by atoms with E-state index in [-0.39, 0.29) is 23.3 Å². The van der Waals surface area contributed by atoms with Crippen molar-refractivity contribution in [3.8, 4) is 16.9 Å². The Hall–Kier alpha value is -4.26. The molecular formula is C25H19NO6. The van der Waals surface area contributed by atoms with Crippen LogP contribution >= 0.6 is 0 Å². The van der Waals surface area contributed by atoms with Gasteiger partial charge in [-0.1, -0.05) is 42.5 Å². The van der Waals surface area contributed by atoms with Crippen molar-refractivity contribution in [2.75, 3.05) is 6.61 Å². The molecular weight excluding hydrogens is 410 g/mol. The minimum atomic E-state index is -0.523. The molecule has 0 bridgehead atoms. The van der Waals surface area contributed by atoms with E-state index < -0.39 is 10.7 Å². The van der Waals surface area contributed by atoms with Gasteiger partial charge in [-0.3, -0.25) is 19.7 Å². The fourth-order valence-electron chi connectivity index (χ4n) is 3.53. The lowest BCUT2D eigenvalue weighted by molar-refractivity contribution is -0.385. The number of ketones is 1. The predicted octanol–water partition coefficient (Wildman–Crippen LogP) is 5.25. The zero-order valence-corrected chi connectivity index (χ0v) is 17.5. The molecule has 7 nitrogen and oxygen atoms in total. The van der Waals surface area contributed by atoms with Crippen molar-refractivity contribution >= 4 is 22.4 Å². The van der Waals surface area contributed by atoms with E-state index in [1.807, 2.05) is 30.3 Å². The smallest absolute Gasteiger partial charge is 0.273 e. The first kappa shape index (κ1) is 21.0. The monoisotopic (exact) mass is 429 g/mol. The predicted molar refractivity (Wildman–Crippen MR) is 120 cm³/mol. The number of nitro groups is 1. The normalized spacial score (nSPS) is 10.8. The molecule has 0 aliphatic carbocycles. The van der Waals surface area contributed by atoms with Crippen molar-refractivity contribution in [2.24, 2.45) is 0 Å². The molecule has 0 spiro atoms. The van der Waals surface area contributed by atoms with Gasteiger partial charge < -0.3 is 9.15 Å². The van der Waals surface area contributed by atoms with Crippen molar-refractivity contribution in [1.29, 1.82) is 0 Å². The van der Waals surface area contributed by atoms with Crippen molar-refractivity contribution in [3.63, 3.8) is 0 Å². The molecule has 0 radical (unpaired) electrons. The number of carbonyl (C=O) groups excluding carboxylic acids is 1. The third-order valence-corrected chi connectivity index (χ3v) is 5.20. The maximum absolute atomic E-state index is 13.0. The van der Waals surface area contributed by atoms with Crippen LogP contribution in [-0.4, -0.2) is 17.3 Å². The van der Waals surface area contributed by atoms with Gasteiger partial charge in [0.25, 0.3) is 5.69 Å². The number of aryl methyl sites for hydroxylation is 2. The van der Waals surface area contributed by atoms with E-state index in [1.54, 1.807) is 32.0 Å². The summed E-state index contributed by atoms with van der Waals surface area (Å²) in [6.07, 6.45) is 0. The Kier molecular flexibility index (Phi) is 5.55. The molecule has 0 aliphatic rings. The number of ether oxygens (including phenoxy) is 1. The number of Topliss-reactive ketones (excluding diaryl/α,β-unsaturated/α-hetero) is 1. The lowest BCUT2D eigenvalue weighted by Gasteiger charge is -2.09. The molecule has 3 aromatic carbocycles. The molecule has 0 atom stereocenters. The van der Waals surface area contributed by atoms with Crippen LogP contribution in [0.5, 0.6) is 5.75 Å². The summed E-state index contributed by atoms with van der Waals surface area (Å²) in [4.78, 5) is 36.0. The summed E-state index contributed by atoms with van der Waals surface area (Å²) in [5.41, 5.74) is 2.03. The fourth-order valence-corrected chi connectivity index (χ4v) is 3.53. The van der Waals surface area contributed by atoms with Gasteiger partial charge in [0.2, 0.25) is 5.43 Å². The molecule has 32 heavy (non-hydrogen) atoms. The van der Waals surface area contributed by atoms with Crippen molar-refractivity contribution < 1.29 is 18.9 Å². The molecule has 1 heterocycles. The van der Waals surface area contributed by atoms with Gasteiger partial charge in [0.05, 0.1) is 15.9 Å². The molecule has 0 saturated carbocycles. The zero-order valence-electron chi connectivity index (χ0n) is 17.5. The second-order valence-corrected chi connectivity index (χ2v) is 7.36. The molecule has 0 amide bonds. The maximum atomic E-state index is 13.0. The van der Waals surface area contributed by atoms with E-state index in [0.717, 1.165) is 5.56 Å². The van der Waals surface area contributed by atoms with Crippen LogP contribution in [0.2, 0.25) is 0 Å². The lowest BCUT2D eigenvalue weighted by atomic mass is 10.0. The Morgan fingerprint density at radius 1 is 1.03 bits per heavy atom. The summed E-state index contributed by atoms with van der Waals surface area (Å²) in [7, 11) is 0. The van der Waals surface area contributed by atoms with Gasteiger partial charge in [0.1, 0.15) is 17.1 Å². The quantitative estimate of drug-likeness (QED) is 0.236. The standard InChI is InChI=1S/C25H19NO6/c1-15-8-9-18(12-21(15)26(29)30)22(27)14-31-19-10-11-20-23(13-19)32-16(2)24(25(20)28)17-6-4-3-5-7-17/h3-13H,14H2,1-2H3. The van der Waals surface area contributed by atoms with Gasteiger partial charge in [-0.25, -0.2) is 0 Å². The molecule has 0 fully saturated rings. The van der Waals surface area contributed by atoms with E-state index in [2.05, 4.69) is 0 Å². The van der Waals surface area contributed by atoms with Gasteiger partial charge in [0, 0.05) is 23.3 Å². The topological polar surface area (TPSA) is 99.7 Å². The molecule has 0 N–H and O–H groups in total. The second kappa shape index (κ2) is 8.47. The minimum Gasteiger partial charge on any atom is -0.485 e. The largest absolute Gasteiger partial charge is 0.485 e. The Morgan fingerprint density at radius 2 is 1.78 bits per heavy atom. The first-order valence-electron chi connectivity index (χ1n) is 9.89. The molecule has 0 unspecified atom stereocenters. The SMILES string of the molecule is Cc1ccc(C(=O)COc2ccc3c(=O)c(-c4ccccc4)c(C)oc3c2)cc1[N+](=O)[O-]. The van der Waals surface area contributed by atoms with Crippen molar-refractivity contribution in [1.82, 2.24) is 0 Å². The Balaban J connectivity index is 1.59.